The van der Waals surface area contributed by atoms with Gasteiger partial charge in [0.1, 0.15) is 0 Å². The standard InChI is InChI=1S/C8H6S.C3H6S2/c1-2-4-8-7(3-1)5-6-9-8;1-2-4-5-3-1/h1-6H;1-3H2. The highest BCUT2D eigenvalue weighted by Gasteiger charge is 1.96. The predicted octanol–water partition coefficient (Wildman–Crippen LogP) is 4.67. The Kier molecular flexibility index (Phi) is 4.22. The molecule has 3 heteroatoms. The molecule has 0 spiro atoms. The van der Waals surface area contributed by atoms with Crippen LogP contribution in [0.5, 0.6) is 0 Å². The van der Waals surface area contributed by atoms with Gasteiger partial charge in [-0.1, -0.05) is 39.8 Å². The summed E-state index contributed by atoms with van der Waals surface area (Å²) in [6.07, 6.45) is 1.43. The molecule has 2 aromatic rings. The molecular weight excluding hydrogens is 228 g/mol. The Morgan fingerprint density at radius 2 is 1.71 bits per heavy atom. The fourth-order valence-electron chi connectivity index (χ4n) is 1.20. The number of benzene rings is 1. The average Bonchev–Trinajstić information content (AvgIpc) is 2.92. The van der Waals surface area contributed by atoms with Crippen LogP contribution in [0.15, 0.2) is 35.7 Å². The summed E-state index contributed by atoms with van der Waals surface area (Å²) in [5.41, 5.74) is 0. The van der Waals surface area contributed by atoms with Crippen LogP contribution in [-0.2, 0) is 0 Å². The van der Waals surface area contributed by atoms with E-state index in [1.165, 1.54) is 28.0 Å². The van der Waals surface area contributed by atoms with Gasteiger partial charge in [-0.2, -0.15) is 0 Å². The van der Waals surface area contributed by atoms with Crippen molar-refractivity contribution in [2.45, 2.75) is 6.42 Å². The van der Waals surface area contributed by atoms with Gasteiger partial charge in [0.25, 0.3) is 0 Å². The molecule has 74 valence electrons. The lowest BCUT2D eigenvalue weighted by Crippen LogP contribution is -1.63. The Morgan fingerprint density at radius 1 is 0.929 bits per heavy atom. The number of hydrogen-bond acceptors (Lipinski definition) is 3. The zero-order valence-electron chi connectivity index (χ0n) is 7.81. The Labute approximate surface area is 96.5 Å². The molecule has 2 heterocycles. The molecule has 14 heavy (non-hydrogen) atoms. The zero-order chi connectivity index (χ0) is 9.64. The Hall–Kier alpha value is -0.120. The summed E-state index contributed by atoms with van der Waals surface area (Å²) >= 11 is 1.79. The van der Waals surface area contributed by atoms with E-state index >= 15 is 0 Å². The summed E-state index contributed by atoms with van der Waals surface area (Å²) in [4.78, 5) is 0. The second kappa shape index (κ2) is 5.69. The van der Waals surface area contributed by atoms with Crippen LogP contribution in [0.2, 0.25) is 0 Å². The van der Waals surface area contributed by atoms with Gasteiger partial charge in [-0.3, -0.25) is 0 Å². The molecule has 1 aromatic carbocycles. The lowest BCUT2D eigenvalue weighted by atomic mass is 10.3. The first kappa shape index (κ1) is 10.4. The molecule has 1 fully saturated rings. The summed E-state index contributed by atoms with van der Waals surface area (Å²) in [7, 11) is 3.98. The number of thiophene rings is 1. The third kappa shape index (κ3) is 2.94. The molecule has 1 aliphatic heterocycles. The van der Waals surface area contributed by atoms with E-state index in [4.69, 9.17) is 0 Å². The van der Waals surface area contributed by atoms with Crippen molar-refractivity contribution in [3.8, 4) is 0 Å². The van der Waals surface area contributed by atoms with Gasteiger partial charge >= 0.3 is 0 Å². The van der Waals surface area contributed by atoms with Crippen LogP contribution >= 0.6 is 32.9 Å². The molecule has 0 saturated carbocycles. The summed E-state index contributed by atoms with van der Waals surface area (Å²) in [5, 5.41) is 3.47. The molecule has 0 bridgehead atoms. The molecular formula is C11H12S3. The molecule has 0 radical (unpaired) electrons. The van der Waals surface area contributed by atoms with E-state index in [2.05, 4.69) is 35.7 Å². The fourth-order valence-corrected chi connectivity index (χ4v) is 4.35. The predicted molar refractivity (Wildman–Crippen MR) is 71.4 cm³/mol. The molecule has 1 saturated heterocycles. The van der Waals surface area contributed by atoms with Crippen LogP contribution < -0.4 is 0 Å². The normalized spacial score (nSPS) is 15.1. The number of fused-ring (bicyclic) bond motifs is 1. The molecule has 0 atom stereocenters. The number of hydrogen-bond donors (Lipinski definition) is 0. The van der Waals surface area contributed by atoms with Crippen molar-refractivity contribution in [1.82, 2.24) is 0 Å². The smallest absolute Gasteiger partial charge is 0.0342 e. The molecule has 1 aromatic heterocycles. The zero-order valence-corrected chi connectivity index (χ0v) is 10.3. The summed E-state index contributed by atoms with van der Waals surface area (Å²) in [6.45, 7) is 0. The van der Waals surface area contributed by atoms with Gasteiger partial charge < -0.3 is 0 Å². The van der Waals surface area contributed by atoms with Crippen molar-refractivity contribution in [2.24, 2.45) is 0 Å². The summed E-state index contributed by atoms with van der Waals surface area (Å²) < 4.78 is 1.37. The quantitative estimate of drug-likeness (QED) is 0.614. The minimum absolute atomic E-state index is 1.35. The van der Waals surface area contributed by atoms with Crippen molar-refractivity contribution >= 4 is 43.0 Å². The van der Waals surface area contributed by atoms with Gasteiger partial charge in [-0.15, -0.1) is 11.3 Å². The van der Waals surface area contributed by atoms with E-state index in [1.54, 1.807) is 11.3 Å². The van der Waals surface area contributed by atoms with Crippen molar-refractivity contribution in [1.29, 1.82) is 0 Å². The Bertz CT molecular complexity index is 339. The van der Waals surface area contributed by atoms with Crippen LogP contribution in [0.1, 0.15) is 6.42 Å². The molecule has 0 unspecified atom stereocenters. The highest BCUT2D eigenvalue weighted by molar-refractivity contribution is 8.77. The van der Waals surface area contributed by atoms with E-state index in [-0.39, 0.29) is 0 Å². The van der Waals surface area contributed by atoms with E-state index in [0.29, 0.717) is 0 Å². The monoisotopic (exact) mass is 240 g/mol. The molecule has 0 aliphatic carbocycles. The Morgan fingerprint density at radius 3 is 2.36 bits per heavy atom. The maximum atomic E-state index is 2.14. The lowest BCUT2D eigenvalue weighted by Gasteiger charge is -1.82. The van der Waals surface area contributed by atoms with Gasteiger partial charge in [-0.05, 0) is 29.3 Å². The minimum Gasteiger partial charge on any atom is -0.144 e. The highest BCUT2D eigenvalue weighted by atomic mass is 33.1. The molecule has 0 amide bonds. The van der Waals surface area contributed by atoms with Crippen molar-refractivity contribution < 1.29 is 0 Å². The van der Waals surface area contributed by atoms with Crippen LogP contribution in [0.25, 0.3) is 10.1 Å². The van der Waals surface area contributed by atoms with Crippen LogP contribution in [0.4, 0.5) is 0 Å². The maximum Gasteiger partial charge on any atom is 0.0342 e. The number of rotatable bonds is 0. The molecule has 3 rings (SSSR count). The first-order chi connectivity index (χ1) is 6.97. The van der Waals surface area contributed by atoms with E-state index in [9.17, 15) is 0 Å². The van der Waals surface area contributed by atoms with Crippen molar-refractivity contribution in [3.63, 3.8) is 0 Å². The average molecular weight is 240 g/mol. The third-order valence-electron chi connectivity index (χ3n) is 1.90. The third-order valence-corrected chi connectivity index (χ3v) is 5.38. The van der Waals surface area contributed by atoms with E-state index in [0.717, 1.165) is 0 Å². The highest BCUT2D eigenvalue weighted by Crippen LogP contribution is 2.29. The Balaban J connectivity index is 0.000000128. The first-order valence-corrected chi connectivity index (χ1v) is 8.00. The SMILES string of the molecule is C1CSSC1.c1ccc2sccc2c1. The fraction of sp³-hybridized carbons (Fsp3) is 0.273. The van der Waals surface area contributed by atoms with Crippen molar-refractivity contribution in [3.05, 3.63) is 35.7 Å². The second-order valence-corrected chi connectivity index (χ2v) is 6.61. The largest absolute Gasteiger partial charge is 0.144 e. The van der Waals surface area contributed by atoms with E-state index in [1.807, 2.05) is 21.6 Å². The van der Waals surface area contributed by atoms with Crippen LogP contribution in [0.3, 0.4) is 0 Å². The van der Waals surface area contributed by atoms with Crippen molar-refractivity contribution in [2.75, 3.05) is 11.5 Å². The van der Waals surface area contributed by atoms with Gasteiger partial charge in [0.05, 0.1) is 0 Å². The van der Waals surface area contributed by atoms with Crippen LogP contribution in [0, 0.1) is 0 Å². The van der Waals surface area contributed by atoms with Gasteiger partial charge in [0, 0.05) is 16.2 Å². The summed E-state index contributed by atoms with van der Waals surface area (Å²) in [5.74, 6) is 2.76. The van der Waals surface area contributed by atoms with Gasteiger partial charge in [-0.25, -0.2) is 0 Å². The minimum atomic E-state index is 1.35. The lowest BCUT2D eigenvalue weighted by molar-refractivity contribution is 1.15. The summed E-state index contributed by atoms with van der Waals surface area (Å²) in [6, 6.07) is 10.5. The van der Waals surface area contributed by atoms with Gasteiger partial charge in [0.15, 0.2) is 0 Å². The molecule has 0 nitrogen and oxygen atoms in total. The van der Waals surface area contributed by atoms with E-state index < -0.39 is 0 Å². The van der Waals surface area contributed by atoms with Gasteiger partial charge in [0.2, 0.25) is 0 Å². The maximum absolute atomic E-state index is 2.14. The molecule has 1 aliphatic rings. The second-order valence-electron chi connectivity index (χ2n) is 2.96. The molecule has 0 N–H and O–H groups in total. The van der Waals surface area contributed by atoms with Crippen LogP contribution in [-0.4, -0.2) is 11.5 Å². The first-order valence-electron chi connectivity index (χ1n) is 4.63. The topological polar surface area (TPSA) is 0 Å².